The Balaban J connectivity index is 0. The summed E-state index contributed by atoms with van der Waals surface area (Å²) < 4.78 is 1.26. The van der Waals surface area contributed by atoms with Crippen LogP contribution in [0.2, 0.25) is 4.73 Å². The third kappa shape index (κ3) is 2.86. The van der Waals surface area contributed by atoms with E-state index in [1.54, 1.807) is 11.1 Å². The molecule has 0 atom stereocenters. The van der Waals surface area contributed by atoms with Crippen molar-refractivity contribution in [2.24, 2.45) is 5.92 Å². The molecular weight excluding hydrogens is 239 g/mol. The molecule has 3 heteroatoms. The minimum Gasteiger partial charge on any atom is -1.00 e. The quantitative estimate of drug-likeness (QED) is 0.445. The van der Waals surface area contributed by atoms with E-state index in [1.807, 2.05) is 0 Å². The zero-order chi connectivity index (χ0) is 8.59. The van der Waals surface area contributed by atoms with Crippen LogP contribution in [0, 0.1) is 5.92 Å². The van der Waals surface area contributed by atoms with E-state index in [-0.39, 0.29) is 24.8 Å². The van der Waals surface area contributed by atoms with Crippen molar-refractivity contribution in [3.63, 3.8) is 0 Å². The van der Waals surface area contributed by atoms with Crippen molar-refractivity contribution in [1.29, 1.82) is 0 Å². The molecule has 0 bridgehead atoms. The summed E-state index contributed by atoms with van der Waals surface area (Å²) in [5.41, 5.74) is 6.22. The second kappa shape index (κ2) is 6.29. The summed E-state index contributed by atoms with van der Waals surface area (Å²) in [5.74, 6) is 0.745. The van der Waals surface area contributed by atoms with Gasteiger partial charge in [-0.3, -0.25) is 0 Å². The van der Waals surface area contributed by atoms with Gasteiger partial charge in [-0.2, -0.15) is 0 Å². The summed E-state index contributed by atoms with van der Waals surface area (Å²) in [7, 11) is 0. The second-order valence-electron chi connectivity index (χ2n) is 3.37. The molecule has 0 nitrogen and oxygen atoms in total. The van der Waals surface area contributed by atoms with Crippen molar-refractivity contribution in [2.45, 2.75) is 32.4 Å². The molecule has 0 unspecified atom stereocenters. The van der Waals surface area contributed by atoms with Crippen LogP contribution >= 0.6 is 0 Å². The zero-order valence-corrected chi connectivity index (χ0v) is 11.6. The van der Waals surface area contributed by atoms with E-state index >= 15 is 0 Å². The van der Waals surface area contributed by atoms with Gasteiger partial charge in [-0.1, -0.05) is 0 Å². The fraction of sp³-hybridized carbons (Fsp3) is 0.600. The van der Waals surface area contributed by atoms with Gasteiger partial charge < -0.3 is 24.8 Å². The maximum absolute atomic E-state index is 2.27. The van der Waals surface area contributed by atoms with Crippen molar-refractivity contribution < 1.29 is 45.2 Å². The van der Waals surface area contributed by atoms with Gasteiger partial charge in [0.2, 0.25) is 0 Å². The van der Waals surface area contributed by atoms with Crippen LogP contribution in [0.15, 0.2) is 22.3 Å². The molecule has 0 radical (unpaired) electrons. The van der Waals surface area contributed by atoms with Crippen LogP contribution in [0.3, 0.4) is 0 Å². The third-order valence-corrected chi connectivity index (χ3v) is 3.63. The molecule has 1 aliphatic carbocycles. The average molecular weight is 254 g/mol. The van der Waals surface area contributed by atoms with E-state index in [2.05, 4.69) is 48.1 Å². The second-order valence-corrected chi connectivity index (χ2v) is 4.01. The Bertz CT molecular complexity index is 217. The summed E-state index contributed by atoms with van der Waals surface area (Å²) in [6.45, 7) is 9.01. The summed E-state index contributed by atoms with van der Waals surface area (Å²) in [6, 6.07) is 0. The average Bonchev–Trinajstić information content (AvgIpc) is 2.17. The predicted octanol–water partition coefficient (Wildman–Crippen LogP) is -2.74. The fourth-order valence-corrected chi connectivity index (χ4v) is 2.70. The Labute approximate surface area is 105 Å². The van der Waals surface area contributed by atoms with E-state index in [0.717, 1.165) is 5.92 Å². The Morgan fingerprint density at radius 2 is 1.23 bits per heavy atom. The Morgan fingerprint density at radius 3 is 1.38 bits per heavy atom. The molecule has 1 aliphatic rings. The summed E-state index contributed by atoms with van der Waals surface area (Å²) in [4.78, 5) is 0. The molecule has 1 rings (SSSR count). The molecule has 0 aromatic carbocycles. The van der Waals surface area contributed by atoms with Gasteiger partial charge in [0.15, 0.2) is 0 Å². The van der Waals surface area contributed by atoms with Gasteiger partial charge >= 0.3 is 81.1 Å². The smallest absolute Gasteiger partial charge is 1.00 e. The van der Waals surface area contributed by atoms with E-state index < -0.39 is 0 Å². The molecular formula is C10H15Cl2Ti. The van der Waals surface area contributed by atoms with Crippen LogP contribution in [0.4, 0.5) is 0 Å². The molecule has 13 heavy (non-hydrogen) atoms. The van der Waals surface area contributed by atoms with E-state index in [4.69, 9.17) is 0 Å². The van der Waals surface area contributed by atoms with Crippen LogP contribution in [0.1, 0.15) is 27.7 Å². The van der Waals surface area contributed by atoms with Crippen molar-refractivity contribution in [1.82, 2.24) is 0 Å². The first-order valence-corrected chi connectivity index (χ1v) is 5.19. The van der Waals surface area contributed by atoms with Gasteiger partial charge in [0.25, 0.3) is 0 Å². The Hall–Kier alpha value is 0.774. The number of hydrogen-bond donors (Lipinski definition) is 0. The van der Waals surface area contributed by atoms with Crippen molar-refractivity contribution in [3.05, 3.63) is 22.3 Å². The number of allylic oxidation sites excluding steroid dienone is 4. The zero-order valence-electron chi connectivity index (χ0n) is 8.54. The Morgan fingerprint density at radius 1 is 0.923 bits per heavy atom. The first-order valence-electron chi connectivity index (χ1n) is 4.09. The SMILES string of the molecule is CC1=C(C)C([CH2][Ti+2])C(C)=C1C.[Cl-].[Cl-]. The van der Waals surface area contributed by atoms with Crippen molar-refractivity contribution in [3.8, 4) is 0 Å². The summed E-state index contributed by atoms with van der Waals surface area (Å²) in [5, 5.41) is 0. The number of hydrogen-bond acceptors (Lipinski definition) is 0. The summed E-state index contributed by atoms with van der Waals surface area (Å²) in [6.07, 6.45) is 0. The predicted molar refractivity (Wildman–Crippen MR) is 45.0 cm³/mol. The molecule has 0 fully saturated rings. The molecule has 0 aliphatic heterocycles. The molecule has 0 saturated carbocycles. The number of halogens is 2. The third-order valence-electron chi connectivity index (χ3n) is 3.00. The maximum atomic E-state index is 2.27. The number of rotatable bonds is 1. The Kier molecular flexibility index (Phi) is 7.85. The molecule has 0 heterocycles. The maximum Gasteiger partial charge on any atom is -1.00 e. The van der Waals surface area contributed by atoms with Gasteiger partial charge in [0.1, 0.15) is 0 Å². The van der Waals surface area contributed by atoms with Crippen LogP contribution in [-0.2, 0) is 20.4 Å². The summed E-state index contributed by atoms with van der Waals surface area (Å²) >= 11 is 2.27. The fourth-order valence-electron chi connectivity index (χ4n) is 1.75. The van der Waals surface area contributed by atoms with Gasteiger partial charge in [-0.05, 0) is 0 Å². The largest absolute Gasteiger partial charge is 1.00 e. The first-order chi connectivity index (χ1) is 5.09. The molecule has 0 N–H and O–H groups in total. The van der Waals surface area contributed by atoms with Gasteiger partial charge in [0, 0.05) is 0 Å². The normalized spacial score (nSPS) is 17.4. The van der Waals surface area contributed by atoms with Crippen molar-refractivity contribution in [2.75, 3.05) is 0 Å². The molecule has 0 aromatic heterocycles. The van der Waals surface area contributed by atoms with E-state index in [0.29, 0.717) is 0 Å². The molecule has 73 valence electrons. The van der Waals surface area contributed by atoms with Crippen LogP contribution in [0.5, 0.6) is 0 Å². The van der Waals surface area contributed by atoms with Crippen LogP contribution < -0.4 is 24.8 Å². The molecule has 0 saturated heterocycles. The van der Waals surface area contributed by atoms with Crippen LogP contribution in [0.25, 0.3) is 0 Å². The van der Waals surface area contributed by atoms with Crippen LogP contribution in [-0.4, -0.2) is 0 Å². The molecule has 0 spiro atoms. The standard InChI is InChI=1S/C10H15.2ClH.Ti/c1-6-7(2)9(4)10(5)8(6)3;;;/h6H,1H2,2-5H3;2*1H;/q;;;+2/p-2. The van der Waals surface area contributed by atoms with E-state index in [1.165, 1.54) is 15.9 Å². The monoisotopic (exact) mass is 253 g/mol. The minimum absolute atomic E-state index is 0. The van der Waals surface area contributed by atoms with Gasteiger partial charge in [0.05, 0.1) is 0 Å². The topological polar surface area (TPSA) is 0 Å². The van der Waals surface area contributed by atoms with Crippen molar-refractivity contribution >= 4 is 0 Å². The molecule has 0 amide bonds. The van der Waals surface area contributed by atoms with Gasteiger partial charge in [-0.15, -0.1) is 0 Å². The van der Waals surface area contributed by atoms with Gasteiger partial charge in [-0.25, -0.2) is 0 Å². The minimum atomic E-state index is 0. The first kappa shape index (κ1) is 16.2. The van der Waals surface area contributed by atoms with E-state index in [9.17, 15) is 0 Å². The molecule has 0 aromatic rings.